The van der Waals surface area contributed by atoms with Gasteiger partial charge in [0.2, 0.25) is 15.9 Å². The van der Waals surface area contributed by atoms with Gasteiger partial charge in [-0.05, 0) is 25.1 Å². The molecule has 118 valence electrons. The van der Waals surface area contributed by atoms with Crippen molar-refractivity contribution in [3.8, 4) is 0 Å². The highest BCUT2D eigenvalue weighted by molar-refractivity contribution is 7.89. The molecule has 6 nitrogen and oxygen atoms in total. The van der Waals surface area contributed by atoms with Gasteiger partial charge in [-0.1, -0.05) is 24.3 Å². The monoisotopic (exact) mass is 321 g/mol. The van der Waals surface area contributed by atoms with Crippen molar-refractivity contribution in [2.24, 2.45) is 5.73 Å². The minimum absolute atomic E-state index is 0.189. The number of rotatable bonds is 6. The molecule has 0 radical (unpaired) electrons. The number of amides is 1. The van der Waals surface area contributed by atoms with E-state index in [4.69, 9.17) is 5.73 Å². The van der Waals surface area contributed by atoms with Crippen LogP contribution in [0, 0.1) is 0 Å². The third-order valence-electron chi connectivity index (χ3n) is 3.16. The fourth-order valence-electron chi connectivity index (χ4n) is 2.19. The zero-order valence-corrected chi connectivity index (χ0v) is 13.1. The summed E-state index contributed by atoms with van der Waals surface area (Å²) in [5.74, 6) is -0.207. The van der Waals surface area contributed by atoms with E-state index in [0.717, 1.165) is 0 Å². The molecule has 0 heterocycles. The molecule has 0 bridgehead atoms. The van der Waals surface area contributed by atoms with Gasteiger partial charge in [0.15, 0.2) is 0 Å². The summed E-state index contributed by atoms with van der Waals surface area (Å²) in [4.78, 5) is 11.4. The van der Waals surface area contributed by atoms with Gasteiger partial charge in [-0.25, -0.2) is 13.1 Å². The molecule has 0 saturated carbocycles. The summed E-state index contributed by atoms with van der Waals surface area (Å²) < 4.78 is 27.4. The maximum atomic E-state index is 12.4. The second-order valence-corrected chi connectivity index (χ2v) is 6.61. The fraction of sp³-hybridized carbons (Fsp3) is 0.267. The summed E-state index contributed by atoms with van der Waals surface area (Å²) in [6, 6.07) is 10.2. The molecule has 0 aliphatic rings. The van der Waals surface area contributed by atoms with Gasteiger partial charge in [-0.15, -0.1) is 0 Å². The summed E-state index contributed by atoms with van der Waals surface area (Å²) >= 11 is 0. The minimum atomic E-state index is -3.62. The normalized spacial score (nSPS) is 11.5. The molecular formula is C15H19N3O3S. The number of carbonyl (C=O) groups excluding carboxylic acids is 1. The number of carbonyl (C=O) groups is 1. The van der Waals surface area contributed by atoms with Crippen molar-refractivity contribution in [2.45, 2.75) is 18.2 Å². The van der Waals surface area contributed by atoms with Crippen LogP contribution in [0.2, 0.25) is 0 Å². The number of sulfonamides is 1. The van der Waals surface area contributed by atoms with E-state index in [1.54, 1.807) is 30.3 Å². The average molecular weight is 321 g/mol. The van der Waals surface area contributed by atoms with Gasteiger partial charge >= 0.3 is 0 Å². The summed E-state index contributed by atoms with van der Waals surface area (Å²) in [6.07, 6.45) is 0.571. The first kappa shape index (κ1) is 16.4. The Morgan fingerprint density at radius 2 is 1.82 bits per heavy atom. The van der Waals surface area contributed by atoms with E-state index in [9.17, 15) is 13.2 Å². The van der Waals surface area contributed by atoms with Crippen molar-refractivity contribution in [3.63, 3.8) is 0 Å². The highest BCUT2D eigenvalue weighted by Gasteiger charge is 2.18. The number of hydrogen-bond acceptors (Lipinski definition) is 4. The summed E-state index contributed by atoms with van der Waals surface area (Å²) in [5, 5.41) is 3.95. The van der Waals surface area contributed by atoms with Gasteiger partial charge < -0.3 is 11.1 Å². The lowest BCUT2D eigenvalue weighted by Gasteiger charge is -2.12. The van der Waals surface area contributed by atoms with Crippen LogP contribution >= 0.6 is 0 Å². The topological polar surface area (TPSA) is 101 Å². The van der Waals surface area contributed by atoms with Gasteiger partial charge in [0, 0.05) is 29.9 Å². The first-order valence-corrected chi connectivity index (χ1v) is 8.43. The van der Waals surface area contributed by atoms with E-state index < -0.39 is 10.0 Å². The quantitative estimate of drug-likeness (QED) is 0.700. The van der Waals surface area contributed by atoms with Gasteiger partial charge in [0.05, 0.1) is 4.90 Å². The number of benzene rings is 2. The molecule has 0 spiro atoms. The molecule has 0 aliphatic carbocycles. The molecule has 7 heteroatoms. The van der Waals surface area contributed by atoms with Crippen molar-refractivity contribution < 1.29 is 13.2 Å². The lowest BCUT2D eigenvalue weighted by Crippen LogP contribution is -2.26. The molecule has 2 aromatic rings. The Labute approximate surface area is 129 Å². The van der Waals surface area contributed by atoms with Crippen molar-refractivity contribution >= 4 is 32.4 Å². The smallest absolute Gasteiger partial charge is 0.241 e. The predicted octanol–water partition coefficient (Wildman–Crippen LogP) is 1.43. The van der Waals surface area contributed by atoms with Crippen molar-refractivity contribution in [1.29, 1.82) is 0 Å². The van der Waals surface area contributed by atoms with Crippen LogP contribution in [-0.4, -0.2) is 27.4 Å². The van der Waals surface area contributed by atoms with Crippen LogP contribution in [-0.2, 0) is 14.8 Å². The summed E-state index contributed by atoms with van der Waals surface area (Å²) in [7, 11) is -3.62. The minimum Gasteiger partial charge on any atom is -0.330 e. The van der Waals surface area contributed by atoms with E-state index in [-0.39, 0.29) is 10.8 Å². The second-order valence-electron chi connectivity index (χ2n) is 4.88. The molecule has 1 amide bonds. The molecule has 0 fully saturated rings. The fourth-order valence-corrected chi connectivity index (χ4v) is 3.47. The third-order valence-corrected chi connectivity index (χ3v) is 4.68. The molecule has 0 saturated heterocycles. The molecule has 0 aromatic heterocycles. The number of nitrogens with one attached hydrogen (secondary N) is 2. The lowest BCUT2D eigenvalue weighted by atomic mass is 10.1. The van der Waals surface area contributed by atoms with E-state index in [1.165, 1.54) is 13.0 Å². The van der Waals surface area contributed by atoms with Crippen LogP contribution in [0.3, 0.4) is 0 Å². The van der Waals surface area contributed by atoms with Crippen LogP contribution < -0.4 is 15.8 Å². The average Bonchev–Trinajstić information content (AvgIpc) is 2.47. The van der Waals surface area contributed by atoms with Gasteiger partial charge in [0.1, 0.15) is 0 Å². The number of hydrogen-bond donors (Lipinski definition) is 3. The Hall–Kier alpha value is -1.96. The first-order valence-electron chi connectivity index (χ1n) is 6.95. The van der Waals surface area contributed by atoms with Crippen LogP contribution in [0.5, 0.6) is 0 Å². The van der Waals surface area contributed by atoms with Gasteiger partial charge in [0.25, 0.3) is 0 Å². The van der Waals surface area contributed by atoms with Crippen molar-refractivity contribution in [1.82, 2.24) is 4.72 Å². The summed E-state index contributed by atoms with van der Waals surface area (Å²) in [5.41, 5.74) is 5.97. The Balaban J connectivity index is 2.50. The molecule has 0 unspecified atom stereocenters. The van der Waals surface area contributed by atoms with E-state index in [0.29, 0.717) is 36.0 Å². The number of nitrogens with two attached hydrogens (primary N) is 1. The standard InChI is InChI=1S/C15H19N3O3S/c1-11(19)18-14-7-8-15(13-6-3-2-5-12(13)14)22(20,21)17-10-4-9-16/h2-3,5-8,17H,4,9-10,16H2,1H3,(H,18,19). The van der Waals surface area contributed by atoms with Gasteiger partial charge in [-0.2, -0.15) is 0 Å². The Bertz CT molecular complexity index is 788. The third kappa shape index (κ3) is 3.62. The van der Waals surface area contributed by atoms with Crippen LogP contribution in [0.15, 0.2) is 41.3 Å². The largest absolute Gasteiger partial charge is 0.330 e. The van der Waals surface area contributed by atoms with Crippen molar-refractivity contribution in [3.05, 3.63) is 36.4 Å². The molecule has 0 aliphatic heterocycles. The lowest BCUT2D eigenvalue weighted by molar-refractivity contribution is -0.114. The zero-order chi connectivity index (χ0) is 16.2. The zero-order valence-electron chi connectivity index (χ0n) is 12.3. The maximum absolute atomic E-state index is 12.4. The van der Waals surface area contributed by atoms with E-state index in [2.05, 4.69) is 10.0 Å². The Kier molecular flexibility index (Phi) is 5.12. The highest BCUT2D eigenvalue weighted by atomic mass is 32.2. The molecule has 0 atom stereocenters. The molecule has 22 heavy (non-hydrogen) atoms. The van der Waals surface area contributed by atoms with Crippen molar-refractivity contribution in [2.75, 3.05) is 18.4 Å². The van der Waals surface area contributed by atoms with E-state index in [1.807, 2.05) is 0 Å². The number of anilines is 1. The first-order chi connectivity index (χ1) is 10.5. The van der Waals surface area contributed by atoms with Crippen LogP contribution in [0.1, 0.15) is 13.3 Å². The highest BCUT2D eigenvalue weighted by Crippen LogP contribution is 2.29. The SMILES string of the molecule is CC(=O)Nc1ccc(S(=O)(=O)NCCCN)c2ccccc12. The summed E-state index contributed by atoms with van der Waals surface area (Å²) in [6.45, 7) is 2.12. The van der Waals surface area contributed by atoms with Gasteiger partial charge in [-0.3, -0.25) is 4.79 Å². The maximum Gasteiger partial charge on any atom is 0.241 e. The number of fused-ring (bicyclic) bond motifs is 1. The molecule has 4 N–H and O–H groups in total. The van der Waals surface area contributed by atoms with Crippen LogP contribution in [0.4, 0.5) is 5.69 Å². The molecular weight excluding hydrogens is 302 g/mol. The predicted molar refractivity (Wildman–Crippen MR) is 87.1 cm³/mol. The second kappa shape index (κ2) is 6.87. The Morgan fingerprint density at radius 1 is 1.14 bits per heavy atom. The Morgan fingerprint density at radius 3 is 2.45 bits per heavy atom. The van der Waals surface area contributed by atoms with E-state index >= 15 is 0 Å². The molecule has 2 aromatic carbocycles. The molecule has 2 rings (SSSR count). The van der Waals surface area contributed by atoms with Crippen LogP contribution in [0.25, 0.3) is 10.8 Å².